The molecule has 2 aromatic carbocycles. The third kappa shape index (κ3) is 4.76. The zero-order chi connectivity index (χ0) is 20.3. The number of carbonyl (C=O) groups excluding carboxylic acids is 1. The van der Waals surface area contributed by atoms with Crippen LogP contribution in [0.1, 0.15) is 36.8 Å². The highest BCUT2D eigenvalue weighted by molar-refractivity contribution is 8.13. The van der Waals surface area contributed by atoms with E-state index in [1.165, 1.54) is 17.3 Å². The molecule has 4 rings (SSSR count). The summed E-state index contributed by atoms with van der Waals surface area (Å²) in [5, 5.41) is 0.0295. The summed E-state index contributed by atoms with van der Waals surface area (Å²) in [6.07, 6.45) is 4.52. The Labute approximate surface area is 177 Å². The quantitative estimate of drug-likeness (QED) is 0.588. The zero-order valence-electron chi connectivity index (χ0n) is 16.4. The fourth-order valence-corrected chi connectivity index (χ4v) is 7.74. The fourth-order valence-electron chi connectivity index (χ4n) is 4.68. The summed E-state index contributed by atoms with van der Waals surface area (Å²) in [7, 11) is -3.51. The molecule has 6 heteroatoms. The number of hydrogen-bond acceptors (Lipinski definition) is 4. The van der Waals surface area contributed by atoms with E-state index in [2.05, 4.69) is 12.1 Å². The van der Waals surface area contributed by atoms with Gasteiger partial charge in [-0.05, 0) is 49.1 Å². The van der Waals surface area contributed by atoms with Crippen LogP contribution in [0.4, 0.5) is 0 Å². The number of sulfonamides is 1. The molecule has 4 nitrogen and oxygen atoms in total. The van der Waals surface area contributed by atoms with Crippen LogP contribution in [0.3, 0.4) is 0 Å². The van der Waals surface area contributed by atoms with E-state index in [0.29, 0.717) is 0 Å². The Balaban J connectivity index is 1.39. The smallest absolute Gasteiger partial charge is 0.219 e. The van der Waals surface area contributed by atoms with Gasteiger partial charge in [0.15, 0.2) is 0 Å². The third-order valence-electron chi connectivity index (χ3n) is 5.98. The lowest BCUT2D eigenvalue weighted by Crippen LogP contribution is -2.48. The molecule has 0 spiro atoms. The molecule has 0 amide bonds. The van der Waals surface area contributed by atoms with Crippen LogP contribution >= 0.6 is 11.8 Å². The molecule has 1 saturated carbocycles. The van der Waals surface area contributed by atoms with Crippen molar-refractivity contribution in [3.05, 3.63) is 71.8 Å². The molecular formula is C23H27NO3S2. The van der Waals surface area contributed by atoms with Crippen molar-refractivity contribution >= 4 is 26.9 Å². The Morgan fingerprint density at radius 1 is 0.966 bits per heavy atom. The van der Waals surface area contributed by atoms with E-state index in [1.54, 1.807) is 4.31 Å². The zero-order valence-corrected chi connectivity index (χ0v) is 18.1. The Bertz CT molecular complexity index is 931. The number of aryl methyl sites for hydroxylation is 1. The van der Waals surface area contributed by atoms with Crippen LogP contribution in [0.15, 0.2) is 60.7 Å². The maximum atomic E-state index is 13.2. The monoisotopic (exact) mass is 429 g/mol. The van der Waals surface area contributed by atoms with E-state index in [-0.39, 0.29) is 22.8 Å². The molecule has 154 valence electrons. The minimum atomic E-state index is -3.51. The maximum absolute atomic E-state index is 13.2. The number of carbonyl (C=O) groups is 1. The average molecular weight is 430 g/mol. The second-order valence-electron chi connectivity index (χ2n) is 8.00. The molecule has 2 fully saturated rings. The first kappa shape index (κ1) is 20.6. The molecule has 2 aliphatic rings. The van der Waals surface area contributed by atoms with Gasteiger partial charge in [-0.2, -0.15) is 4.31 Å². The number of nitrogens with zero attached hydrogens (tertiary/aromatic N) is 1. The van der Waals surface area contributed by atoms with E-state index in [0.717, 1.165) is 43.4 Å². The van der Waals surface area contributed by atoms with Gasteiger partial charge in [-0.1, -0.05) is 72.4 Å². The normalized spacial score (nSPS) is 24.1. The van der Waals surface area contributed by atoms with E-state index in [9.17, 15) is 13.2 Å². The molecule has 1 heterocycles. The summed E-state index contributed by atoms with van der Waals surface area (Å²) >= 11 is 1.31. The first-order valence-electron chi connectivity index (χ1n) is 10.3. The first-order valence-corrected chi connectivity index (χ1v) is 12.9. The van der Waals surface area contributed by atoms with Crippen molar-refractivity contribution in [3.63, 3.8) is 0 Å². The SMILES string of the molecule is O=C(SCCCc1ccccc1)[C@H]1[C@H]2CC[C@H](C2)N1S(=O)(=O)Cc1ccccc1. The van der Waals surface area contributed by atoms with Crippen LogP contribution in [-0.2, 0) is 27.0 Å². The highest BCUT2D eigenvalue weighted by atomic mass is 32.2. The van der Waals surface area contributed by atoms with Gasteiger partial charge in [0.05, 0.1) is 11.8 Å². The largest absolute Gasteiger partial charge is 0.285 e. The van der Waals surface area contributed by atoms with Gasteiger partial charge in [-0.15, -0.1) is 0 Å². The Morgan fingerprint density at radius 3 is 2.31 bits per heavy atom. The number of rotatable bonds is 8. The number of piperidine rings is 1. The molecular weight excluding hydrogens is 402 g/mol. The van der Waals surface area contributed by atoms with Gasteiger partial charge in [-0.3, -0.25) is 4.79 Å². The fraction of sp³-hybridized carbons (Fsp3) is 0.435. The summed E-state index contributed by atoms with van der Waals surface area (Å²) in [5.74, 6) is 0.882. The van der Waals surface area contributed by atoms with Gasteiger partial charge in [0.25, 0.3) is 0 Å². The number of thioether (sulfide) groups is 1. The second kappa shape index (κ2) is 9.02. The van der Waals surface area contributed by atoms with Crippen molar-refractivity contribution < 1.29 is 13.2 Å². The number of fused-ring (bicyclic) bond motifs is 2. The summed E-state index contributed by atoms with van der Waals surface area (Å²) in [6, 6.07) is 19.0. The molecule has 2 aromatic rings. The molecule has 2 bridgehead atoms. The van der Waals surface area contributed by atoms with Crippen molar-refractivity contribution in [2.24, 2.45) is 5.92 Å². The van der Waals surface area contributed by atoms with E-state index in [1.807, 2.05) is 48.5 Å². The first-order chi connectivity index (χ1) is 14.0. The van der Waals surface area contributed by atoms with Gasteiger partial charge in [0.2, 0.25) is 15.1 Å². The van der Waals surface area contributed by atoms with Crippen LogP contribution in [0, 0.1) is 5.92 Å². The molecule has 0 radical (unpaired) electrons. The van der Waals surface area contributed by atoms with E-state index in [4.69, 9.17) is 0 Å². The van der Waals surface area contributed by atoms with Crippen molar-refractivity contribution in [3.8, 4) is 0 Å². The molecule has 1 aliphatic carbocycles. The average Bonchev–Trinajstić information content (AvgIpc) is 3.34. The minimum absolute atomic E-state index is 0.00687. The Kier molecular flexibility index (Phi) is 6.42. The standard InChI is InChI=1S/C23H27NO3S2/c25-23(28-15-7-12-18-8-3-1-4-9-18)22-20-13-14-21(16-20)24(22)29(26,27)17-19-10-5-2-6-11-19/h1-6,8-11,20-22H,7,12-17H2/t20-,21+,22+/m0/s1. The predicted molar refractivity (Wildman–Crippen MR) is 118 cm³/mol. The van der Waals surface area contributed by atoms with Gasteiger partial charge in [0.1, 0.15) is 0 Å². The topological polar surface area (TPSA) is 54.5 Å². The maximum Gasteiger partial charge on any atom is 0.219 e. The van der Waals surface area contributed by atoms with Crippen LogP contribution in [-0.4, -0.2) is 35.7 Å². The lowest BCUT2D eigenvalue weighted by Gasteiger charge is -2.33. The molecule has 0 aromatic heterocycles. The van der Waals surface area contributed by atoms with Crippen molar-refractivity contribution in [2.45, 2.75) is 49.9 Å². The van der Waals surface area contributed by atoms with Gasteiger partial charge < -0.3 is 0 Å². The predicted octanol–water partition coefficient (Wildman–Crippen LogP) is 4.26. The highest BCUT2D eigenvalue weighted by Gasteiger charge is 2.53. The second-order valence-corrected chi connectivity index (χ2v) is 11.0. The summed E-state index contributed by atoms with van der Waals surface area (Å²) in [6.45, 7) is 0. The number of hydrogen-bond donors (Lipinski definition) is 0. The molecule has 1 aliphatic heterocycles. The van der Waals surface area contributed by atoms with Crippen molar-refractivity contribution in [1.82, 2.24) is 4.31 Å². The van der Waals surface area contributed by atoms with Crippen LogP contribution in [0.2, 0.25) is 0 Å². The van der Waals surface area contributed by atoms with Crippen LogP contribution < -0.4 is 0 Å². The molecule has 0 N–H and O–H groups in total. The molecule has 0 unspecified atom stereocenters. The summed E-state index contributed by atoms with van der Waals surface area (Å²) in [4.78, 5) is 13.0. The third-order valence-corrected chi connectivity index (χ3v) is 8.86. The Hall–Kier alpha value is -1.63. The van der Waals surface area contributed by atoms with Crippen molar-refractivity contribution in [2.75, 3.05) is 5.75 Å². The lowest BCUT2D eigenvalue weighted by molar-refractivity contribution is -0.115. The minimum Gasteiger partial charge on any atom is -0.285 e. The van der Waals surface area contributed by atoms with Crippen LogP contribution in [0.5, 0.6) is 0 Å². The Morgan fingerprint density at radius 2 is 1.62 bits per heavy atom. The van der Waals surface area contributed by atoms with Gasteiger partial charge >= 0.3 is 0 Å². The lowest BCUT2D eigenvalue weighted by atomic mass is 10.0. The molecule has 29 heavy (non-hydrogen) atoms. The molecule has 1 saturated heterocycles. The molecule has 3 atom stereocenters. The van der Waals surface area contributed by atoms with Crippen molar-refractivity contribution in [1.29, 1.82) is 0 Å². The van der Waals surface area contributed by atoms with E-state index >= 15 is 0 Å². The highest BCUT2D eigenvalue weighted by Crippen LogP contribution is 2.46. The van der Waals surface area contributed by atoms with Crippen LogP contribution in [0.25, 0.3) is 0 Å². The summed E-state index contributed by atoms with van der Waals surface area (Å²) in [5.41, 5.74) is 2.05. The van der Waals surface area contributed by atoms with E-state index < -0.39 is 16.1 Å². The summed E-state index contributed by atoms with van der Waals surface area (Å²) < 4.78 is 27.9. The van der Waals surface area contributed by atoms with Gasteiger partial charge in [-0.25, -0.2) is 8.42 Å². The number of benzene rings is 2. The van der Waals surface area contributed by atoms with Gasteiger partial charge in [0, 0.05) is 11.8 Å².